The van der Waals surface area contributed by atoms with E-state index < -0.39 is 12.3 Å². The van der Waals surface area contributed by atoms with Crippen molar-refractivity contribution in [3.63, 3.8) is 0 Å². The molecule has 0 rings (SSSR count). The topological polar surface area (TPSA) is 63.2 Å². The van der Waals surface area contributed by atoms with Crippen molar-refractivity contribution in [3.8, 4) is 0 Å². The molecule has 0 saturated carbocycles. The summed E-state index contributed by atoms with van der Waals surface area (Å²) >= 11 is 0. The van der Waals surface area contributed by atoms with Crippen LogP contribution in [0.5, 0.6) is 0 Å². The summed E-state index contributed by atoms with van der Waals surface area (Å²) < 4.78 is 27.4. The summed E-state index contributed by atoms with van der Waals surface area (Å²) in [7, 11) is 0. The summed E-state index contributed by atoms with van der Waals surface area (Å²) in [5.41, 5.74) is 0. The fourth-order valence-corrected chi connectivity index (χ4v) is 2.94. The molecule has 0 aliphatic rings. The van der Waals surface area contributed by atoms with Gasteiger partial charge in [0, 0.05) is 13.0 Å². The van der Waals surface area contributed by atoms with Crippen LogP contribution >= 0.6 is 0 Å². The van der Waals surface area contributed by atoms with Crippen LogP contribution in [0.1, 0.15) is 98.8 Å². The Morgan fingerprint density at radius 2 is 1.17 bits per heavy atom. The fourth-order valence-electron chi connectivity index (χ4n) is 2.94. The van der Waals surface area contributed by atoms with Crippen molar-refractivity contribution in [2.24, 2.45) is 0 Å². The van der Waals surface area contributed by atoms with E-state index in [0.29, 0.717) is 32.8 Å². The molecule has 0 aliphatic carbocycles. The summed E-state index contributed by atoms with van der Waals surface area (Å²) in [5, 5.41) is 0. The van der Waals surface area contributed by atoms with E-state index in [-0.39, 0.29) is 11.7 Å². The Morgan fingerprint density at radius 3 is 1.66 bits per heavy atom. The second kappa shape index (κ2) is 19.9. The standard InChI is InChI=1S/C23H44O6/c1-6-11-12-13-14-15-16-17-18-19-20(25-7-2)29-22(24)21(26-8-3)23(27-9-4)28-10-5/h20H,6-19H2,1-5H3. The van der Waals surface area contributed by atoms with E-state index in [4.69, 9.17) is 23.7 Å². The molecule has 0 bridgehead atoms. The smallest absolute Gasteiger partial charge is 0.383 e. The summed E-state index contributed by atoms with van der Waals surface area (Å²) in [5.74, 6) is -0.578. The predicted molar refractivity (Wildman–Crippen MR) is 115 cm³/mol. The Bertz CT molecular complexity index is 414. The number of ether oxygens (including phenoxy) is 5. The second-order valence-corrected chi connectivity index (χ2v) is 6.82. The van der Waals surface area contributed by atoms with Crippen LogP contribution in [0.25, 0.3) is 0 Å². The first-order chi connectivity index (χ1) is 14.1. The SMILES string of the molecule is CCCCCCCCCCCC(OCC)OC(=O)C(OCC)=C(OCC)OCC. The zero-order valence-corrected chi connectivity index (χ0v) is 19.4. The van der Waals surface area contributed by atoms with Gasteiger partial charge in [0.1, 0.15) is 0 Å². The molecular weight excluding hydrogens is 372 g/mol. The van der Waals surface area contributed by atoms with Gasteiger partial charge in [0.15, 0.2) is 0 Å². The lowest BCUT2D eigenvalue weighted by molar-refractivity contribution is -0.179. The maximum Gasteiger partial charge on any atom is 0.383 e. The number of hydrogen-bond acceptors (Lipinski definition) is 6. The summed E-state index contributed by atoms with van der Waals surface area (Å²) in [6, 6.07) is 0. The van der Waals surface area contributed by atoms with E-state index in [1.807, 2.05) is 20.8 Å². The molecule has 6 heteroatoms. The normalized spacial score (nSPS) is 11.6. The van der Waals surface area contributed by atoms with E-state index in [2.05, 4.69) is 6.92 Å². The zero-order valence-electron chi connectivity index (χ0n) is 19.4. The molecule has 0 radical (unpaired) electrons. The molecule has 1 unspecified atom stereocenters. The van der Waals surface area contributed by atoms with Crippen LogP contribution in [0, 0.1) is 0 Å². The minimum Gasteiger partial charge on any atom is -0.482 e. The number of carbonyl (C=O) groups excluding carboxylic acids is 1. The van der Waals surface area contributed by atoms with Crippen molar-refractivity contribution in [3.05, 3.63) is 11.7 Å². The molecule has 0 spiro atoms. The van der Waals surface area contributed by atoms with Gasteiger partial charge in [-0.15, -0.1) is 0 Å². The Balaban J connectivity index is 4.51. The van der Waals surface area contributed by atoms with Crippen molar-refractivity contribution in [2.75, 3.05) is 26.4 Å². The van der Waals surface area contributed by atoms with Gasteiger partial charge in [0.25, 0.3) is 5.76 Å². The van der Waals surface area contributed by atoms with Crippen LogP contribution in [0.15, 0.2) is 11.7 Å². The molecule has 0 aliphatic heterocycles. The molecule has 0 aromatic carbocycles. The minimum absolute atomic E-state index is 0.0343. The number of rotatable bonds is 20. The number of esters is 1. The first kappa shape index (κ1) is 27.6. The van der Waals surface area contributed by atoms with Gasteiger partial charge >= 0.3 is 11.9 Å². The van der Waals surface area contributed by atoms with E-state index in [1.165, 1.54) is 44.9 Å². The molecule has 0 saturated heterocycles. The van der Waals surface area contributed by atoms with Gasteiger partial charge in [-0.3, -0.25) is 0 Å². The second-order valence-electron chi connectivity index (χ2n) is 6.82. The third kappa shape index (κ3) is 14.2. The molecule has 0 fully saturated rings. The Labute approximate surface area is 178 Å². The maximum atomic E-state index is 12.6. The third-order valence-corrected chi connectivity index (χ3v) is 4.34. The highest BCUT2D eigenvalue weighted by Crippen LogP contribution is 2.17. The molecule has 0 aromatic rings. The molecular formula is C23H44O6. The van der Waals surface area contributed by atoms with Crippen molar-refractivity contribution in [2.45, 2.75) is 105 Å². The lowest BCUT2D eigenvalue weighted by atomic mass is 10.1. The van der Waals surface area contributed by atoms with Gasteiger partial charge in [-0.2, -0.15) is 0 Å². The van der Waals surface area contributed by atoms with E-state index >= 15 is 0 Å². The van der Waals surface area contributed by atoms with Crippen molar-refractivity contribution in [1.82, 2.24) is 0 Å². The van der Waals surface area contributed by atoms with Gasteiger partial charge in [0.2, 0.25) is 6.29 Å². The first-order valence-corrected chi connectivity index (χ1v) is 11.6. The molecule has 29 heavy (non-hydrogen) atoms. The fraction of sp³-hybridized carbons (Fsp3) is 0.870. The van der Waals surface area contributed by atoms with Gasteiger partial charge in [-0.1, -0.05) is 58.3 Å². The highest BCUT2D eigenvalue weighted by Gasteiger charge is 2.25. The van der Waals surface area contributed by atoms with Crippen LogP contribution in [0.3, 0.4) is 0 Å². The van der Waals surface area contributed by atoms with Gasteiger partial charge in [0.05, 0.1) is 19.8 Å². The van der Waals surface area contributed by atoms with Crippen molar-refractivity contribution < 1.29 is 28.5 Å². The average Bonchev–Trinajstić information content (AvgIpc) is 2.70. The van der Waals surface area contributed by atoms with Crippen LogP contribution < -0.4 is 0 Å². The van der Waals surface area contributed by atoms with Crippen molar-refractivity contribution in [1.29, 1.82) is 0 Å². The maximum absolute atomic E-state index is 12.6. The lowest BCUT2D eigenvalue weighted by Gasteiger charge is -2.20. The monoisotopic (exact) mass is 416 g/mol. The van der Waals surface area contributed by atoms with Crippen LogP contribution in [-0.2, 0) is 28.5 Å². The molecule has 0 aromatic heterocycles. The van der Waals surface area contributed by atoms with Crippen LogP contribution in [-0.4, -0.2) is 38.7 Å². The quantitative estimate of drug-likeness (QED) is 0.0786. The highest BCUT2D eigenvalue weighted by molar-refractivity contribution is 5.86. The molecule has 1 atom stereocenters. The molecule has 6 nitrogen and oxygen atoms in total. The van der Waals surface area contributed by atoms with Crippen LogP contribution in [0.4, 0.5) is 0 Å². The van der Waals surface area contributed by atoms with E-state index in [9.17, 15) is 4.79 Å². The van der Waals surface area contributed by atoms with E-state index in [1.54, 1.807) is 6.92 Å². The van der Waals surface area contributed by atoms with Gasteiger partial charge < -0.3 is 23.7 Å². The number of unbranched alkanes of at least 4 members (excludes halogenated alkanes) is 8. The zero-order chi connectivity index (χ0) is 21.7. The minimum atomic E-state index is -0.613. The molecule has 172 valence electrons. The highest BCUT2D eigenvalue weighted by atomic mass is 16.7. The average molecular weight is 417 g/mol. The predicted octanol–water partition coefficient (Wildman–Crippen LogP) is 6.09. The number of carbonyl (C=O) groups is 1. The third-order valence-electron chi connectivity index (χ3n) is 4.34. The summed E-state index contributed by atoms with van der Waals surface area (Å²) in [6.45, 7) is 11.1. The Hall–Kier alpha value is -1.43. The Morgan fingerprint density at radius 1 is 0.655 bits per heavy atom. The molecule has 0 heterocycles. The molecule has 0 amide bonds. The van der Waals surface area contributed by atoms with Crippen LogP contribution in [0.2, 0.25) is 0 Å². The Kier molecular flexibility index (Phi) is 18.9. The summed E-state index contributed by atoms with van der Waals surface area (Å²) in [4.78, 5) is 12.6. The van der Waals surface area contributed by atoms with E-state index in [0.717, 1.165) is 12.8 Å². The summed E-state index contributed by atoms with van der Waals surface area (Å²) in [6.07, 6.45) is 11.3. The van der Waals surface area contributed by atoms with Gasteiger partial charge in [-0.05, 0) is 34.1 Å². The lowest BCUT2D eigenvalue weighted by Crippen LogP contribution is -2.25. The number of hydrogen-bond donors (Lipinski definition) is 0. The first-order valence-electron chi connectivity index (χ1n) is 11.6. The largest absolute Gasteiger partial charge is 0.482 e. The molecule has 0 N–H and O–H groups in total. The van der Waals surface area contributed by atoms with Gasteiger partial charge in [-0.25, -0.2) is 4.79 Å². The van der Waals surface area contributed by atoms with Crippen molar-refractivity contribution >= 4 is 5.97 Å².